The summed E-state index contributed by atoms with van der Waals surface area (Å²) in [7, 11) is 0. The largest absolute Gasteiger partial charge is 0.444 e. The Morgan fingerprint density at radius 3 is 2.82 bits per heavy atom. The molecule has 1 atom stereocenters. The Morgan fingerprint density at radius 1 is 1.46 bits per heavy atom. The van der Waals surface area contributed by atoms with Gasteiger partial charge in [0.1, 0.15) is 17.1 Å². The van der Waals surface area contributed by atoms with Crippen molar-refractivity contribution in [2.45, 2.75) is 45.2 Å². The summed E-state index contributed by atoms with van der Waals surface area (Å²) in [5, 5.41) is 7.61. The fraction of sp³-hybridized carbons (Fsp3) is 0.526. The molecule has 2 amide bonds. The van der Waals surface area contributed by atoms with Crippen molar-refractivity contribution in [2.24, 2.45) is 5.41 Å². The lowest BCUT2D eigenvalue weighted by Crippen LogP contribution is -2.64. The lowest BCUT2D eigenvalue weighted by molar-refractivity contribution is -0.118. The van der Waals surface area contributed by atoms with E-state index in [1.54, 1.807) is 10.3 Å². The molecule has 1 fully saturated rings. The van der Waals surface area contributed by atoms with Crippen LogP contribution in [0.5, 0.6) is 0 Å². The van der Waals surface area contributed by atoms with E-state index in [2.05, 4.69) is 22.5 Å². The quantitative estimate of drug-likeness (QED) is 0.797. The van der Waals surface area contributed by atoms with E-state index in [1.807, 2.05) is 20.8 Å². The number of rotatable bonds is 4. The van der Waals surface area contributed by atoms with Gasteiger partial charge in [0.15, 0.2) is 0 Å². The average molecular weight is 408 g/mol. The third-order valence-corrected chi connectivity index (χ3v) is 5.82. The van der Waals surface area contributed by atoms with Crippen LogP contribution < -0.4 is 10.6 Å². The van der Waals surface area contributed by atoms with Gasteiger partial charge >= 0.3 is 6.09 Å². The fourth-order valence-electron chi connectivity index (χ4n) is 3.06. The normalized spacial score (nSPS) is 20.7. The zero-order valence-electron chi connectivity index (χ0n) is 16.4. The van der Waals surface area contributed by atoms with Crippen molar-refractivity contribution in [1.82, 2.24) is 20.5 Å². The highest BCUT2D eigenvalue weighted by atomic mass is 32.2. The monoisotopic (exact) mass is 408 g/mol. The minimum absolute atomic E-state index is 0.0174. The van der Waals surface area contributed by atoms with Crippen LogP contribution in [0.25, 0.3) is 0 Å². The van der Waals surface area contributed by atoms with Crippen molar-refractivity contribution < 1.29 is 18.7 Å². The standard InChI is InChI=1S/C19H25FN4O3S/c1-18(2,3)27-17(26)24-10-19(4,11-24)16-23-14(9-28-16)15(25)22-8-13-12(20)6-5-7-21-13/h5-7,9,16,23H,8,10-11H2,1-4H3,(H,22,25). The smallest absolute Gasteiger partial charge is 0.410 e. The number of carbonyl (C=O) groups is 2. The number of ether oxygens (including phenoxy) is 1. The molecule has 9 heteroatoms. The summed E-state index contributed by atoms with van der Waals surface area (Å²) in [4.78, 5) is 30.1. The molecule has 0 aromatic carbocycles. The fourth-order valence-corrected chi connectivity index (χ4v) is 4.18. The predicted octanol–water partition coefficient (Wildman–Crippen LogP) is 2.60. The van der Waals surface area contributed by atoms with Gasteiger partial charge in [-0.05, 0) is 32.9 Å². The van der Waals surface area contributed by atoms with E-state index >= 15 is 0 Å². The van der Waals surface area contributed by atoms with Gasteiger partial charge in [-0.25, -0.2) is 9.18 Å². The zero-order valence-corrected chi connectivity index (χ0v) is 17.2. The second-order valence-electron chi connectivity index (χ2n) is 8.30. The summed E-state index contributed by atoms with van der Waals surface area (Å²) < 4.78 is 19.0. The maximum atomic E-state index is 13.6. The Kier molecular flexibility index (Phi) is 5.56. The first-order valence-electron chi connectivity index (χ1n) is 9.05. The third kappa shape index (κ3) is 4.57. The van der Waals surface area contributed by atoms with Crippen LogP contribution in [-0.2, 0) is 16.1 Å². The molecule has 1 unspecified atom stereocenters. The molecule has 2 aliphatic rings. The number of nitrogens with one attached hydrogen (secondary N) is 2. The highest BCUT2D eigenvalue weighted by Crippen LogP contribution is 2.42. The summed E-state index contributed by atoms with van der Waals surface area (Å²) in [6.07, 6.45) is 1.16. The van der Waals surface area contributed by atoms with E-state index in [0.717, 1.165) is 0 Å². The molecular weight excluding hydrogens is 383 g/mol. The molecule has 0 spiro atoms. The molecule has 2 N–H and O–H groups in total. The Bertz CT molecular complexity index is 803. The summed E-state index contributed by atoms with van der Waals surface area (Å²) in [5.74, 6) is -0.764. The topological polar surface area (TPSA) is 83.6 Å². The van der Waals surface area contributed by atoms with Crippen molar-refractivity contribution in [2.75, 3.05) is 13.1 Å². The first-order valence-corrected chi connectivity index (χ1v) is 9.99. The van der Waals surface area contributed by atoms with Gasteiger partial charge in [0, 0.05) is 30.1 Å². The molecule has 7 nitrogen and oxygen atoms in total. The van der Waals surface area contributed by atoms with E-state index in [-0.39, 0.29) is 35.0 Å². The molecule has 1 saturated heterocycles. The van der Waals surface area contributed by atoms with Crippen LogP contribution in [0.2, 0.25) is 0 Å². The highest BCUT2D eigenvalue weighted by Gasteiger charge is 2.50. The lowest BCUT2D eigenvalue weighted by Gasteiger charge is -2.50. The van der Waals surface area contributed by atoms with E-state index in [0.29, 0.717) is 18.8 Å². The van der Waals surface area contributed by atoms with E-state index in [9.17, 15) is 14.0 Å². The molecule has 28 heavy (non-hydrogen) atoms. The van der Waals surface area contributed by atoms with Crippen LogP contribution >= 0.6 is 11.8 Å². The van der Waals surface area contributed by atoms with Gasteiger partial charge in [-0.2, -0.15) is 0 Å². The first-order chi connectivity index (χ1) is 13.1. The molecule has 0 saturated carbocycles. The number of aromatic nitrogens is 1. The Hall–Kier alpha value is -2.29. The van der Waals surface area contributed by atoms with Gasteiger partial charge in [-0.15, -0.1) is 11.8 Å². The molecule has 3 heterocycles. The van der Waals surface area contributed by atoms with Crippen molar-refractivity contribution in [3.63, 3.8) is 0 Å². The molecule has 0 radical (unpaired) electrons. The first kappa shape index (κ1) is 20.4. The summed E-state index contributed by atoms with van der Waals surface area (Å²) in [6.45, 7) is 8.70. The van der Waals surface area contributed by atoms with Crippen LogP contribution in [0.3, 0.4) is 0 Å². The number of hydrogen-bond acceptors (Lipinski definition) is 6. The molecule has 2 aliphatic heterocycles. The Labute approximate surface area is 168 Å². The van der Waals surface area contributed by atoms with Crippen LogP contribution in [0.15, 0.2) is 29.4 Å². The maximum Gasteiger partial charge on any atom is 0.410 e. The summed E-state index contributed by atoms with van der Waals surface area (Å²) >= 11 is 1.51. The molecule has 3 rings (SSSR count). The second kappa shape index (κ2) is 7.62. The maximum absolute atomic E-state index is 13.6. The number of nitrogens with zero attached hydrogens (tertiary/aromatic N) is 2. The van der Waals surface area contributed by atoms with Crippen LogP contribution in [0.1, 0.15) is 33.4 Å². The number of amides is 2. The molecule has 0 bridgehead atoms. The zero-order chi connectivity index (χ0) is 20.5. The highest BCUT2D eigenvalue weighted by molar-refractivity contribution is 8.03. The number of halogens is 1. The number of thioether (sulfide) groups is 1. The van der Waals surface area contributed by atoms with Gasteiger partial charge in [0.05, 0.1) is 17.6 Å². The second-order valence-corrected chi connectivity index (χ2v) is 9.28. The molecule has 0 aliphatic carbocycles. The van der Waals surface area contributed by atoms with Crippen molar-refractivity contribution in [3.8, 4) is 0 Å². The SMILES string of the molecule is CC(C)(C)OC(=O)N1CC(C)(C2NC(C(=O)NCc3ncccc3F)=CS2)C1. The van der Waals surface area contributed by atoms with Gasteiger partial charge < -0.3 is 20.3 Å². The number of pyridine rings is 1. The van der Waals surface area contributed by atoms with Crippen LogP contribution in [0.4, 0.5) is 9.18 Å². The van der Waals surface area contributed by atoms with Crippen LogP contribution in [0, 0.1) is 11.2 Å². The third-order valence-electron chi connectivity index (χ3n) is 4.49. The Morgan fingerprint density at radius 2 is 2.18 bits per heavy atom. The number of likely N-dealkylation sites (tertiary alicyclic amines) is 1. The predicted molar refractivity (Wildman–Crippen MR) is 105 cm³/mol. The van der Waals surface area contributed by atoms with Gasteiger partial charge in [-0.3, -0.25) is 9.78 Å². The van der Waals surface area contributed by atoms with Crippen molar-refractivity contribution in [1.29, 1.82) is 0 Å². The van der Waals surface area contributed by atoms with E-state index in [1.165, 1.54) is 30.1 Å². The van der Waals surface area contributed by atoms with Gasteiger partial charge in [0.2, 0.25) is 0 Å². The number of carbonyl (C=O) groups excluding carboxylic acids is 2. The van der Waals surface area contributed by atoms with Gasteiger partial charge in [0.25, 0.3) is 5.91 Å². The Balaban J connectivity index is 1.48. The summed E-state index contributed by atoms with van der Waals surface area (Å²) in [6, 6.07) is 2.81. The molecule has 1 aromatic heterocycles. The minimum Gasteiger partial charge on any atom is -0.444 e. The minimum atomic E-state index is -0.524. The van der Waals surface area contributed by atoms with Gasteiger partial charge in [-0.1, -0.05) is 6.92 Å². The molecular formula is C19H25FN4O3S. The van der Waals surface area contributed by atoms with E-state index in [4.69, 9.17) is 4.74 Å². The summed E-state index contributed by atoms with van der Waals surface area (Å²) in [5.41, 5.74) is -0.0721. The van der Waals surface area contributed by atoms with Crippen molar-refractivity contribution >= 4 is 23.8 Å². The molecule has 152 valence electrons. The number of hydrogen-bond donors (Lipinski definition) is 2. The lowest BCUT2D eigenvalue weighted by atomic mass is 9.81. The molecule has 1 aromatic rings. The van der Waals surface area contributed by atoms with E-state index < -0.39 is 11.4 Å². The average Bonchev–Trinajstić information content (AvgIpc) is 3.07. The van der Waals surface area contributed by atoms with Crippen LogP contribution in [-0.4, -0.2) is 45.9 Å². The van der Waals surface area contributed by atoms with Crippen molar-refractivity contribution in [3.05, 3.63) is 40.9 Å².